The first-order valence-electron chi connectivity index (χ1n) is 5.60. The number of carbonyl (C=O) groups excluding carboxylic acids is 1. The molecule has 1 amide bonds. The Hall–Kier alpha value is -1.76. The zero-order valence-electron chi connectivity index (χ0n) is 9.95. The molecule has 1 heterocycles. The van der Waals surface area contributed by atoms with E-state index in [0.29, 0.717) is 0 Å². The van der Waals surface area contributed by atoms with Gasteiger partial charge in [0, 0.05) is 18.0 Å². The number of carbonyl (C=O) groups is 2. The SMILES string of the molecule is O=C(O)C1CC(=O)N(c2cc(Cl)ccc2C(F)(F)F)C1. The van der Waals surface area contributed by atoms with Gasteiger partial charge in [-0.05, 0) is 18.2 Å². The number of alkyl halides is 3. The fourth-order valence-electron chi connectivity index (χ4n) is 2.07. The number of amides is 1. The van der Waals surface area contributed by atoms with Crippen molar-refractivity contribution in [2.75, 3.05) is 11.4 Å². The highest BCUT2D eigenvalue weighted by atomic mass is 35.5. The predicted octanol–water partition coefficient (Wildman–Crippen LogP) is 2.80. The molecule has 1 aliphatic heterocycles. The van der Waals surface area contributed by atoms with E-state index in [1.807, 2.05) is 0 Å². The van der Waals surface area contributed by atoms with Crippen molar-refractivity contribution in [3.63, 3.8) is 0 Å². The number of aliphatic carboxylic acids is 1. The highest BCUT2D eigenvalue weighted by molar-refractivity contribution is 6.31. The zero-order chi connectivity index (χ0) is 15.1. The van der Waals surface area contributed by atoms with Gasteiger partial charge in [-0.25, -0.2) is 0 Å². The Bertz CT molecular complexity index is 574. The van der Waals surface area contributed by atoms with Crippen molar-refractivity contribution in [1.82, 2.24) is 0 Å². The van der Waals surface area contributed by atoms with Gasteiger partial charge in [-0.2, -0.15) is 13.2 Å². The fourth-order valence-corrected chi connectivity index (χ4v) is 2.24. The van der Waals surface area contributed by atoms with Crippen molar-refractivity contribution in [2.24, 2.45) is 5.92 Å². The van der Waals surface area contributed by atoms with Gasteiger partial charge in [0.15, 0.2) is 0 Å². The minimum atomic E-state index is -4.65. The molecule has 1 unspecified atom stereocenters. The lowest BCUT2D eigenvalue weighted by atomic mass is 10.1. The lowest BCUT2D eigenvalue weighted by Gasteiger charge is -2.21. The Kier molecular flexibility index (Phi) is 3.64. The topological polar surface area (TPSA) is 57.6 Å². The lowest BCUT2D eigenvalue weighted by molar-refractivity contribution is -0.141. The van der Waals surface area contributed by atoms with Crippen LogP contribution in [0.2, 0.25) is 5.02 Å². The Labute approximate surface area is 116 Å². The van der Waals surface area contributed by atoms with Gasteiger partial charge in [0.25, 0.3) is 0 Å². The van der Waals surface area contributed by atoms with E-state index in [-0.39, 0.29) is 18.0 Å². The van der Waals surface area contributed by atoms with E-state index >= 15 is 0 Å². The molecule has 0 bridgehead atoms. The highest BCUT2D eigenvalue weighted by Crippen LogP contribution is 2.39. The van der Waals surface area contributed by atoms with Crippen LogP contribution in [0.25, 0.3) is 0 Å². The third-order valence-electron chi connectivity index (χ3n) is 3.03. The minimum Gasteiger partial charge on any atom is -0.481 e. The van der Waals surface area contributed by atoms with Crippen LogP contribution in [0.3, 0.4) is 0 Å². The summed E-state index contributed by atoms with van der Waals surface area (Å²) in [4.78, 5) is 23.4. The molecule has 8 heteroatoms. The van der Waals surface area contributed by atoms with Crippen molar-refractivity contribution in [3.8, 4) is 0 Å². The first-order chi connectivity index (χ1) is 9.20. The average molecular weight is 308 g/mol. The largest absolute Gasteiger partial charge is 0.481 e. The third-order valence-corrected chi connectivity index (χ3v) is 3.27. The van der Waals surface area contributed by atoms with Crippen molar-refractivity contribution < 1.29 is 27.9 Å². The molecule has 0 spiro atoms. The second kappa shape index (κ2) is 4.97. The van der Waals surface area contributed by atoms with E-state index in [1.54, 1.807) is 0 Å². The standard InChI is InChI=1S/C12H9ClF3NO3/c13-7-1-2-8(12(14,15)16)9(4-7)17-5-6(11(19)20)3-10(17)18/h1-2,4,6H,3,5H2,(H,19,20). The first-order valence-corrected chi connectivity index (χ1v) is 5.98. The van der Waals surface area contributed by atoms with Crippen LogP contribution < -0.4 is 4.90 Å². The summed E-state index contributed by atoms with van der Waals surface area (Å²) in [5.41, 5.74) is -1.42. The van der Waals surface area contributed by atoms with Crippen molar-refractivity contribution in [3.05, 3.63) is 28.8 Å². The summed E-state index contributed by atoms with van der Waals surface area (Å²) in [6.07, 6.45) is -4.97. The number of benzene rings is 1. The van der Waals surface area contributed by atoms with E-state index in [0.717, 1.165) is 23.1 Å². The fraction of sp³-hybridized carbons (Fsp3) is 0.333. The van der Waals surface area contributed by atoms with E-state index in [4.69, 9.17) is 16.7 Å². The Morgan fingerprint density at radius 2 is 2.05 bits per heavy atom. The van der Waals surface area contributed by atoms with E-state index in [2.05, 4.69) is 0 Å². The number of rotatable bonds is 2. The highest BCUT2D eigenvalue weighted by Gasteiger charge is 2.40. The molecule has 1 aromatic rings. The molecule has 1 atom stereocenters. The quantitative estimate of drug-likeness (QED) is 0.914. The van der Waals surface area contributed by atoms with E-state index in [9.17, 15) is 22.8 Å². The maximum atomic E-state index is 12.9. The maximum absolute atomic E-state index is 12.9. The molecule has 20 heavy (non-hydrogen) atoms. The summed E-state index contributed by atoms with van der Waals surface area (Å²) in [6.45, 7) is -0.294. The van der Waals surface area contributed by atoms with Crippen LogP contribution in [-0.4, -0.2) is 23.5 Å². The molecule has 4 nitrogen and oxygen atoms in total. The monoisotopic (exact) mass is 307 g/mol. The summed E-state index contributed by atoms with van der Waals surface area (Å²) < 4.78 is 38.8. The molecule has 1 fully saturated rings. The van der Waals surface area contributed by atoms with Gasteiger partial charge in [-0.15, -0.1) is 0 Å². The van der Waals surface area contributed by atoms with Crippen molar-refractivity contribution >= 4 is 29.2 Å². The smallest absolute Gasteiger partial charge is 0.418 e. The molecule has 0 aliphatic carbocycles. The molecule has 0 saturated carbocycles. The van der Waals surface area contributed by atoms with Crippen LogP contribution in [-0.2, 0) is 15.8 Å². The molecular weight excluding hydrogens is 299 g/mol. The van der Waals surface area contributed by atoms with E-state index < -0.39 is 35.2 Å². The second-order valence-corrected chi connectivity index (χ2v) is 4.84. The van der Waals surface area contributed by atoms with Gasteiger partial charge in [-0.1, -0.05) is 11.6 Å². The van der Waals surface area contributed by atoms with Gasteiger partial charge in [0.1, 0.15) is 0 Å². The van der Waals surface area contributed by atoms with Crippen LogP contribution in [0.1, 0.15) is 12.0 Å². The van der Waals surface area contributed by atoms with Gasteiger partial charge >= 0.3 is 12.1 Å². The number of carboxylic acids is 1. The summed E-state index contributed by atoms with van der Waals surface area (Å²) in [5.74, 6) is -2.89. The predicted molar refractivity (Wildman–Crippen MR) is 64.5 cm³/mol. The Morgan fingerprint density at radius 1 is 1.40 bits per heavy atom. The molecule has 1 saturated heterocycles. The number of nitrogens with zero attached hydrogens (tertiary/aromatic N) is 1. The molecule has 0 radical (unpaired) electrons. The third kappa shape index (κ3) is 2.72. The van der Waals surface area contributed by atoms with Gasteiger partial charge in [0.05, 0.1) is 17.2 Å². The summed E-state index contributed by atoms with van der Waals surface area (Å²) in [6, 6.07) is 2.87. The van der Waals surface area contributed by atoms with Crippen LogP contribution in [0.15, 0.2) is 18.2 Å². The van der Waals surface area contributed by atoms with Crippen LogP contribution in [0.4, 0.5) is 18.9 Å². The Balaban J connectivity index is 2.45. The molecule has 1 N–H and O–H groups in total. The van der Waals surface area contributed by atoms with Crippen molar-refractivity contribution in [2.45, 2.75) is 12.6 Å². The average Bonchev–Trinajstić information content (AvgIpc) is 2.69. The first kappa shape index (κ1) is 14.6. The number of anilines is 1. The molecule has 108 valence electrons. The minimum absolute atomic E-state index is 0.0413. The zero-order valence-corrected chi connectivity index (χ0v) is 10.7. The van der Waals surface area contributed by atoms with Gasteiger partial charge in [-0.3, -0.25) is 9.59 Å². The van der Waals surface area contributed by atoms with E-state index in [1.165, 1.54) is 0 Å². The van der Waals surface area contributed by atoms with Crippen molar-refractivity contribution in [1.29, 1.82) is 0 Å². The van der Waals surface area contributed by atoms with Crippen LogP contribution in [0.5, 0.6) is 0 Å². The molecular formula is C12H9ClF3NO3. The number of halogens is 4. The number of hydrogen-bond acceptors (Lipinski definition) is 2. The molecule has 1 aromatic carbocycles. The van der Waals surface area contributed by atoms with Crippen LogP contribution >= 0.6 is 11.6 Å². The number of hydrogen-bond donors (Lipinski definition) is 1. The summed E-state index contributed by atoms with van der Waals surface area (Å²) in [7, 11) is 0. The second-order valence-electron chi connectivity index (χ2n) is 4.40. The summed E-state index contributed by atoms with van der Waals surface area (Å²) >= 11 is 5.67. The Morgan fingerprint density at radius 3 is 2.55 bits per heavy atom. The maximum Gasteiger partial charge on any atom is 0.418 e. The lowest BCUT2D eigenvalue weighted by Crippen LogP contribution is -2.28. The molecule has 0 aromatic heterocycles. The summed E-state index contributed by atoms with van der Waals surface area (Å²) in [5, 5.41) is 8.89. The van der Waals surface area contributed by atoms with Gasteiger partial charge in [0.2, 0.25) is 5.91 Å². The normalized spacial score (nSPS) is 19.5. The molecule has 2 rings (SSSR count). The van der Waals surface area contributed by atoms with Gasteiger partial charge < -0.3 is 10.0 Å². The number of carboxylic acid groups (broad SMARTS) is 1. The van der Waals surface area contributed by atoms with Crippen LogP contribution in [0, 0.1) is 5.92 Å². The molecule has 1 aliphatic rings.